The van der Waals surface area contributed by atoms with Gasteiger partial charge < -0.3 is 0 Å². The van der Waals surface area contributed by atoms with Crippen LogP contribution in [0, 0.1) is 0 Å². The summed E-state index contributed by atoms with van der Waals surface area (Å²) in [5, 5.41) is 7.76. The Morgan fingerprint density at radius 1 is 0.259 bits per heavy atom. The molecule has 256 valence electrons. The molecule has 0 heterocycles. The van der Waals surface area contributed by atoms with E-state index >= 15 is 0 Å². The topological polar surface area (TPSA) is 0 Å². The fraction of sp³-hybridized carbons (Fsp3) is 0.111. The van der Waals surface area contributed by atoms with E-state index in [1.54, 1.807) is 0 Å². The number of benzene rings is 9. The molecule has 0 nitrogen and oxygen atoms in total. The largest absolute Gasteiger partial charge is 0.0619 e. The van der Waals surface area contributed by atoms with Crippen molar-refractivity contribution in [2.45, 2.75) is 38.5 Å². The van der Waals surface area contributed by atoms with Crippen LogP contribution in [0.15, 0.2) is 170 Å². The third-order valence-electron chi connectivity index (χ3n) is 12.9. The van der Waals surface area contributed by atoms with Gasteiger partial charge in [0.25, 0.3) is 0 Å². The molecule has 0 heteroatoms. The second-order valence-electron chi connectivity index (χ2n) is 16.5. The number of fused-ring (bicyclic) bond motifs is 11. The zero-order valence-electron chi connectivity index (χ0n) is 31.2. The highest BCUT2D eigenvalue weighted by molar-refractivity contribution is 6.21. The lowest BCUT2D eigenvalue weighted by Gasteiger charge is -2.23. The monoisotopic (exact) mass is 688 g/mol. The van der Waals surface area contributed by atoms with Gasteiger partial charge in [-0.2, -0.15) is 0 Å². The highest BCUT2D eigenvalue weighted by Crippen LogP contribution is 2.53. The van der Waals surface area contributed by atoms with Crippen molar-refractivity contribution in [2.24, 2.45) is 0 Å². The quantitative estimate of drug-likeness (QED) is 0.162. The molecule has 0 saturated carbocycles. The van der Waals surface area contributed by atoms with Crippen LogP contribution in [0.5, 0.6) is 0 Å². The van der Waals surface area contributed by atoms with Gasteiger partial charge in [0.15, 0.2) is 0 Å². The molecule has 0 saturated heterocycles. The highest BCUT2D eigenvalue weighted by atomic mass is 14.4. The van der Waals surface area contributed by atoms with E-state index in [0.717, 1.165) is 0 Å². The van der Waals surface area contributed by atoms with Crippen LogP contribution in [0.25, 0.3) is 88.0 Å². The van der Waals surface area contributed by atoms with Crippen molar-refractivity contribution in [3.8, 4) is 55.6 Å². The molecule has 0 N–H and O–H groups in total. The summed E-state index contributed by atoms with van der Waals surface area (Å²) in [5.74, 6) is 0. The Labute approximate surface area is 317 Å². The molecule has 9 aromatic carbocycles. The Bertz CT molecular complexity index is 3040. The molecular weight excluding hydrogens is 649 g/mol. The van der Waals surface area contributed by atoms with Crippen molar-refractivity contribution in [2.75, 3.05) is 0 Å². The lowest BCUT2D eigenvalue weighted by atomic mass is 9.80. The molecule has 9 aromatic rings. The Morgan fingerprint density at radius 3 is 1.41 bits per heavy atom. The molecule has 0 spiro atoms. The second-order valence-corrected chi connectivity index (χ2v) is 16.5. The average molecular weight is 689 g/mol. The van der Waals surface area contributed by atoms with Crippen LogP contribution in [-0.2, 0) is 10.8 Å². The van der Waals surface area contributed by atoms with Crippen molar-refractivity contribution in [1.82, 2.24) is 0 Å². The number of hydrogen-bond acceptors (Lipinski definition) is 0. The van der Waals surface area contributed by atoms with Crippen molar-refractivity contribution >= 4 is 32.3 Å². The Morgan fingerprint density at radius 2 is 0.741 bits per heavy atom. The number of hydrogen-bond donors (Lipinski definition) is 0. The normalized spacial score (nSPS) is 14.6. The Hall–Kier alpha value is -6.24. The van der Waals surface area contributed by atoms with Gasteiger partial charge in [0.1, 0.15) is 0 Å². The molecule has 0 aliphatic heterocycles. The van der Waals surface area contributed by atoms with E-state index in [4.69, 9.17) is 0 Å². The molecule has 54 heavy (non-hydrogen) atoms. The molecule has 0 fully saturated rings. The van der Waals surface area contributed by atoms with Crippen LogP contribution in [0.4, 0.5) is 0 Å². The van der Waals surface area contributed by atoms with Crippen LogP contribution >= 0.6 is 0 Å². The van der Waals surface area contributed by atoms with Crippen molar-refractivity contribution in [1.29, 1.82) is 0 Å². The van der Waals surface area contributed by atoms with Crippen LogP contribution in [-0.4, -0.2) is 0 Å². The standard InChI is InChI=1S/C54H40/c1-53(2)49-19-10-9-18-43(49)44-25-22-36(30-50(44)53)37-23-27-46-45-26-21-35(29-51(45)54(3,4)52(46)31-37)34-13-11-14-38(28-34)47-32-48-39-15-6-5-12-33(39)20-24-42(48)40-16-7-8-17-41(40)47/h5-32H,1-4H3. The lowest BCUT2D eigenvalue weighted by molar-refractivity contribution is 0.659. The maximum atomic E-state index is 2.46. The van der Waals surface area contributed by atoms with Crippen LogP contribution < -0.4 is 0 Å². The summed E-state index contributed by atoms with van der Waals surface area (Å²) in [6.07, 6.45) is 0. The summed E-state index contributed by atoms with van der Waals surface area (Å²) < 4.78 is 0. The van der Waals surface area contributed by atoms with E-state index in [1.807, 2.05) is 0 Å². The van der Waals surface area contributed by atoms with Gasteiger partial charge in [0.05, 0.1) is 0 Å². The highest BCUT2D eigenvalue weighted by Gasteiger charge is 2.37. The molecular formula is C54H40. The Balaban J connectivity index is 0.984. The summed E-state index contributed by atoms with van der Waals surface area (Å²) in [4.78, 5) is 0. The summed E-state index contributed by atoms with van der Waals surface area (Å²) in [6.45, 7) is 9.52. The van der Waals surface area contributed by atoms with Gasteiger partial charge in [0, 0.05) is 10.8 Å². The van der Waals surface area contributed by atoms with Crippen molar-refractivity contribution in [3.05, 3.63) is 192 Å². The van der Waals surface area contributed by atoms with E-state index in [9.17, 15) is 0 Å². The molecule has 2 aliphatic rings. The van der Waals surface area contributed by atoms with Crippen molar-refractivity contribution in [3.63, 3.8) is 0 Å². The fourth-order valence-electron chi connectivity index (χ4n) is 9.95. The molecule has 0 unspecified atom stereocenters. The van der Waals surface area contributed by atoms with Gasteiger partial charge in [-0.15, -0.1) is 0 Å². The maximum Gasteiger partial charge on any atom is 0.0159 e. The summed E-state index contributed by atoms with van der Waals surface area (Å²) in [5.41, 5.74) is 18.5. The van der Waals surface area contributed by atoms with Crippen LogP contribution in [0.3, 0.4) is 0 Å². The van der Waals surface area contributed by atoms with E-state index in [-0.39, 0.29) is 10.8 Å². The van der Waals surface area contributed by atoms with E-state index in [2.05, 4.69) is 198 Å². The third kappa shape index (κ3) is 4.37. The van der Waals surface area contributed by atoms with Gasteiger partial charge in [-0.05, 0) is 141 Å². The van der Waals surface area contributed by atoms with E-state index < -0.39 is 0 Å². The first-order chi connectivity index (χ1) is 26.3. The van der Waals surface area contributed by atoms with E-state index in [1.165, 1.54) is 110 Å². The van der Waals surface area contributed by atoms with Gasteiger partial charge in [0.2, 0.25) is 0 Å². The minimum Gasteiger partial charge on any atom is -0.0619 e. The van der Waals surface area contributed by atoms with Crippen LogP contribution in [0.2, 0.25) is 0 Å². The molecule has 2 aliphatic carbocycles. The van der Waals surface area contributed by atoms with Gasteiger partial charge in [-0.1, -0.05) is 167 Å². The van der Waals surface area contributed by atoms with Gasteiger partial charge in [-0.3, -0.25) is 0 Å². The fourth-order valence-corrected chi connectivity index (χ4v) is 9.95. The number of rotatable bonds is 3. The van der Waals surface area contributed by atoms with Gasteiger partial charge >= 0.3 is 0 Å². The molecule has 0 amide bonds. The van der Waals surface area contributed by atoms with E-state index in [0.29, 0.717) is 0 Å². The molecule has 0 bridgehead atoms. The average Bonchev–Trinajstić information content (AvgIpc) is 3.59. The third-order valence-corrected chi connectivity index (χ3v) is 12.9. The Kier molecular flexibility index (Phi) is 6.46. The van der Waals surface area contributed by atoms with Crippen LogP contribution in [0.1, 0.15) is 49.9 Å². The maximum absolute atomic E-state index is 2.46. The summed E-state index contributed by atoms with van der Waals surface area (Å²) in [7, 11) is 0. The first kappa shape index (κ1) is 31.3. The van der Waals surface area contributed by atoms with Crippen molar-refractivity contribution < 1.29 is 0 Å². The molecule has 0 aromatic heterocycles. The predicted molar refractivity (Wildman–Crippen MR) is 230 cm³/mol. The predicted octanol–water partition coefficient (Wildman–Crippen LogP) is 14.8. The molecule has 0 atom stereocenters. The first-order valence-electron chi connectivity index (χ1n) is 19.3. The zero-order chi connectivity index (χ0) is 36.3. The zero-order valence-corrected chi connectivity index (χ0v) is 31.2. The first-order valence-corrected chi connectivity index (χ1v) is 19.3. The minimum absolute atomic E-state index is 0.0162. The lowest BCUT2D eigenvalue weighted by Crippen LogP contribution is -2.15. The molecule has 11 rings (SSSR count). The smallest absolute Gasteiger partial charge is 0.0159 e. The summed E-state index contributed by atoms with van der Waals surface area (Å²) >= 11 is 0. The summed E-state index contributed by atoms with van der Waals surface area (Å²) in [6, 6.07) is 64.0. The second kappa shape index (κ2) is 11.1. The minimum atomic E-state index is -0.129. The van der Waals surface area contributed by atoms with Gasteiger partial charge in [-0.25, -0.2) is 0 Å². The SMILES string of the molecule is CC1(C)c2ccccc2-c2ccc(-c3ccc4c(c3)C(C)(C)c3cc(-c5cccc(-c6cc7c8ccccc8ccc7c7ccccc67)c5)ccc3-4)cc21. The molecule has 0 radical (unpaired) electrons.